The van der Waals surface area contributed by atoms with E-state index in [9.17, 15) is 30.4 Å². The number of esters is 1. The number of epoxide rings is 1. The zero-order valence-electron chi connectivity index (χ0n) is 37.0. The molecule has 0 amide bonds. The minimum atomic E-state index is -1.28. The first-order valence-corrected chi connectivity index (χ1v) is 21.1. The molecule has 344 valence electrons. The molecule has 4 heterocycles. The molecule has 5 N–H and O–H groups in total. The molecule has 4 fully saturated rings. The lowest BCUT2D eigenvalue weighted by molar-refractivity contribution is -0.306. The number of hydrogen-bond acceptors (Lipinski definition) is 18. The third-order valence-corrected chi connectivity index (χ3v) is 13.2. The van der Waals surface area contributed by atoms with Gasteiger partial charge in [0, 0.05) is 46.7 Å². The second-order valence-electron chi connectivity index (χ2n) is 17.4. The number of ether oxygens (including phenoxy) is 10. The van der Waals surface area contributed by atoms with Crippen molar-refractivity contribution in [1.29, 1.82) is 0 Å². The highest BCUT2D eigenvalue weighted by Gasteiger charge is 2.59. The topological polar surface area (TPSA) is 229 Å². The number of carbonyl (C=O) groups is 1. The first kappa shape index (κ1) is 50.0. The molecule has 0 bridgehead atoms. The largest absolute Gasteiger partial charge is 0.462 e. The number of cyclic esters (lactones) is 1. The number of oxime groups is 1. The summed E-state index contributed by atoms with van der Waals surface area (Å²) in [5.74, 6) is -2.65. The second-order valence-corrected chi connectivity index (χ2v) is 17.4. The van der Waals surface area contributed by atoms with Crippen LogP contribution < -0.4 is 0 Å². The van der Waals surface area contributed by atoms with Gasteiger partial charge >= 0.3 is 5.97 Å². The molecule has 0 radical (unpaired) electrons. The summed E-state index contributed by atoms with van der Waals surface area (Å²) in [5, 5.41) is 59.2. The van der Waals surface area contributed by atoms with Gasteiger partial charge in [-0.15, -0.1) is 0 Å². The predicted molar refractivity (Wildman–Crippen MR) is 211 cm³/mol. The molecule has 0 aromatic rings. The number of hydrogen-bond donors (Lipinski definition) is 5. The van der Waals surface area contributed by atoms with E-state index in [1.165, 1.54) is 28.4 Å². The Balaban J connectivity index is 1.69. The number of rotatable bonds is 13. The van der Waals surface area contributed by atoms with E-state index in [-0.39, 0.29) is 25.4 Å². The van der Waals surface area contributed by atoms with E-state index in [4.69, 9.17) is 47.4 Å². The predicted octanol–water partition coefficient (Wildman–Crippen LogP) is 1.68. The molecule has 0 saturated carbocycles. The van der Waals surface area contributed by atoms with Gasteiger partial charge < -0.3 is 77.9 Å². The Hall–Kier alpha value is -1.62. The molecule has 4 saturated heterocycles. The van der Waals surface area contributed by atoms with Gasteiger partial charge in [0.25, 0.3) is 0 Å². The Kier molecular flexibility index (Phi) is 18.8. The van der Waals surface area contributed by atoms with Crippen LogP contribution in [0, 0.1) is 23.7 Å². The summed E-state index contributed by atoms with van der Waals surface area (Å²) in [6, 6.07) is -0.722. The van der Waals surface area contributed by atoms with Crippen LogP contribution in [0.3, 0.4) is 0 Å². The Morgan fingerprint density at radius 2 is 1.53 bits per heavy atom. The lowest BCUT2D eigenvalue weighted by atomic mass is 9.78. The second kappa shape index (κ2) is 22.1. The van der Waals surface area contributed by atoms with Crippen LogP contribution >= 0.6 is 0 Å². The quantitative estimate of drug-likeness (QED) is 0.0584. The molecule has 4 aliphatic rings. The van der Waals surface area contributed by atoms with E-state index in [1.807, 2.05) is 20.8 Å². The van der Waals surface area contributed by atoms with Gasteiger partial charge in [0.05, 0.1) is 67.0 Å². The van der Waals surface area contributed by atoms with E-state index in [0.29, 0.717) is 31.4 Å². The van der Waals surface area contributed by atoms with E-state index in [0.717, 1.165) is 0 Å². The lowest BCUT2D eigenvalue weighted by Crippen LogP contribution is -2.63. The van der Waals surface area contributed by atoms with Gasteiger partial charge in [0.1, 0.15) is 30.5 Å². The number of likely N-dealkylation sites (N-methyl/N-ethyl adjacent to an activating group) is 1. The Labute approximate surface area is 349 Å². The smallest absolute Gasteiger partial charge is 0.308 e. The number of carbonyl (C=O) groups excluding carboxylic acids is 1. The first-order chi connectivity index (χ1) is 27.9. The van der Waals surface area contributed by atoms with Crippen molar-refractivity contribution in [2.45, 2.75) is 178 Å². The van der Waals surface area contributed by atoms with Crippen LogP contribution in [0.25, 0.3) is 0 Å². The van der Waals surface area contributed by atoms with Crippen molar-refractivity contribution in [3.8, 4) is 0 Å². The number of nitrogens with zero attached hydrogens (tertiary/aromatic N) is 2. The summed E-state index contributed by atoms with van der Waals surface area (Å²) in [4.78, 5) is 15.6. The average Bonchev–Trinajstić information content (AvgIpc) is 3.87. The standard InChI is InChI=1S/C41H74N2O16/c1-13-28-25(19-54-40-37(53-12)36(52-11)33(47)23(5)56-40)38-41(6,59-38)15-14-26(42-49)20(2)16-24(17-30(50-9)51-10)35(21(3)27(44)18-29(45)57-28)58-39-34(48)31(43(7)8)32(46)22(4)55-39/h20-25,27-28,30-40,44,46-49H,13-19H2,1-12H3/b42-26-/t20-,21-,22-,23-,24-,25-,27+,28-,31+,32-,33-,34-,35-,36-,37-,38-,39+,40-,41-/m1/s1. The van der Waals surface area contributed by atoms with Crippen LogP contribution in [-0.4, -0.2) is 189 Å². The number of aliphatic hydroxyl groups is 4. The maximum absolute atomic E-state index is 13.9. The molecule has 0 aromatic carbocycles. The van der Waals surface area contributed by atoms with E-state index in [2.05, 4.69) is 5.16 Å². The summed E-state index contributed by atoms with van der Waals surface area (Å²) in [6.07, 6.45) is -10.6. The van der Waals surface area contributed by atoms with Crippen molar-refractivity contribution in [3.05, 3.63) is 0 Å². The van der Waals surface area contributed by atoms with Gasteiger partial charge in [-0.2, -0.15) is 0 Å². The van der Waals surface area contributed by atoms with Crippen molar-refractivity contribution in [2.75, 3.05) is 49.1 Å². The SMILES string of the molecule is CC[C@H]1OC(=O)C[C@H](O)[C@@H](C)[C@@H](O[C@@H]2O[C@H](C)[C@@H](O)[C@H](N(C)C)[C@H]2O)[C@@H](CC(OC)OC)C[C@@H](C)/C(=N\O)CC[C@@]2(C)O[C@@H]2[C@@H]1CO[C@@H]1O[C@H](C)[C@@H](O)[C@@H](OC)[C@H]1OC. The first-order valence-electron chi connectivity index (χ1n) is 21.1. The van der Waals surface area contributed by atoms with Crippen molar-refractivity contribution in [3.63, 3.8) is 0 Å². The monoisotopic (exact) mass is 851 g/mol. The summed E-state index contributed by atoms with van der Waals surface area (Å²) >= 11 is 0. The van der Waals surface area contributed by atoms with Crippen LogP contribution in [0.2, 0.25) is 0 Å². The van der Waals surface area contributed by atoms with Gasteiger partial charge in [0.2, 0.25) is 0 Å². The van der Waals surface area contributed by atoms with Gasteiger partial charge in [0.15, 0.2) is 18.9 Å². The van der Waals surface area contributed by atoms with E-state index >= 15 is 0 Å². The van der Waals surface area contributed by atoms with Crippen molar-refractivity contribution >= 4 is 11.7 Å². The van der Waals surface area contributed by atoms with Gasteiger partial charge in [-0.25, -0.2) is 0 Å². The van der Waals surface area contributed by atoms with Crippen LogP contribution in [0.5, 0.6) is 0 Å². The Morgan fingerprint density at radius 3 is 2.10 bits per heavy atom. The zero-order chi connectivity index (χ0) is 43.9. The molecular formula is C41H74N2O16. The molecule has 18 heteroatoms. The third kappa shape index (κ3) is 11.9. The van der Waals surface area contributed by atoms with Crippen molar-refractivity contribution in [1.82, 2.24) is 4.90 Å². The normalized spacial score (nSPS) is 45.1. The minimum Gasteiger partial charge on any atom is -0.462 e. The molecule has 19 atom stereocenters. The molecule has 0 aromatic heterocycles. The highest BCUT2D eigenvalue weighted by Crippen LogP contribution is 2.48. The van der Waals surface area contributed by atoms with Gasteiger partial charge in [-0.05, 0) is 72.4 Å². The molecule has 18 nitrogen and oxygen atoms in total. The van der Waals surface area contributed by atoms with Crippen LogP contribution in [0.1, 0.15) is 80.1 Å². The molecule has 0 unspecified atom stereocenters. The lowest BCUT2D eigenvalue weighted by Gasteiger charge is -2.47. The Morgan fingerprint density at radius 1 is 0.898 bits per heavy atom. The van der Waals surface area contributed by atoms with E-state index in [1.54, 1.807) is 39.8 Å². The molecule has 4 aliphatic heterocycles. The fourth-order valence-electron chi connectivity index (χ4n) is 9.32. The van der Waals surface area contributed by atoms with Gasteiger partial charge in [-0.3, -0.25) is 4.79 Å². The molecular weight excluding hydrogens is 776 g/mol. The average molecular weight is 851 g/mol. The van der Waals surface area contributed by atoms with Crippen LogP contribution in [-0.2, 0) is 52.2 Å². The van der Waals surface area contributed by atoms with E-state index < -0.39 is 121 Å². The summed E-state index contributed by atoms with van der Waals surface area (Å²) in [6.45, 7) is 11.0. The summed E-state index contributed by atoms with van der Waals surface area (Å²) in [5.41, 5.74) is -0.167. The minimum absolute atomic E-state index is 0.0364. The number of fused-ring (bicyclic) bond motifs is 1. The maximum atomic E-state index is 13.9. The van der Waals surface area contributed by atoms with Crippen LogP contribution in [0.4, 0.5) is 0 Å². The molecule has 0 spiro atoms. The van der Waals surface area contributed by atoms with Crippen molar-refractivity contribution < 1.29 is 77.8 Å². The number of aliphatic hydroxyl groups excluding tert-OH is 4. The maximum Gasteiger partial charge on any atom is 0.308 e. The van der Waals surface area contributed by atoms with Crippen molar-refractivity contribution in [2.24, 2.45) is 28.8 Å². The summed E-state index contributed by atoms with van der Waals surface area (Å²) in [7, 11) is 9.50. The van der Waals surface area contributed by atoms with Crippen LogP contribution in [0.15, 0.2) is 5.16 Å². The Bertz CT molecular complexity index is 1330. The zero-order valence-corrected chi connectivity index (χ0v) is 37.0. The fourth-order valence-corrected chi connectivity index (χ4v) is 9.32. The molecule has 0 aliphatic carbocycles. The third-order valence-electron chi connectivity index (χ3n) is 13.2. The fraction of sp³-hybridized carbons (Fsp3) is 0.951. The van der Waals surface area contributed by atoms with Gasteiger partial charge in [-0.1, -0.05) is 25.9 Å². The number of methoxy groups -OCH3 is 4. The highest BCUT2D eigenvalue weighted by molar-refractivity contribution is 5.86. The highest BCUT2D eigenvalue weighted by atomic mass is 16.7. The summed E-state index contributed by atoms with van der Waals surface area (Å²) < 4.78 is 60.2. The molecule has 59 heavy (non-hydrogen) atoms. The molecule has 4 rings (SSSR count).